The van der Waals surface area contributed by atoms with E-state index in [1.54, 1.807) is 31.5 Å². The van der Waals surface area contributed by atoms with Crippen molar-refractivity contribution in [2.75, 3.05) is 14.2 Å². The molecule has 0 spiro atoms. The molecule has 1 N–H and O–H groups in total. The predicted octanol–water partition coefficient (Wildman–Crippen LogP) is 4.97. The number of phenols is 1. The van der Waals surface area contributed by atoms with Gasteiger partial charge in [0.15, 0.2) is 0 Å². The average molecular weight is 342 g/mol. The molecule has 0 amide bonds. The smallest absolute Gasteiger partial charge is 0.148 e. The summed E-state index contributed by atoms with van der Waals surface area (Å²) in [6, 6.07) is 14.7. The summed E-state index contributed by atoms with van der Waals surface area (Å²) in [7, 11) is 3.09. The molecule has 0 aliphatic carbocycles. The van der Waals surface area contributed by atoms with Crippen LogP contribution in [0.5, 0.6) is 17.2 Å². The SMILES string of the molecule is COc1cc(OC)c(N=Cc2c(O)ccc3ccccc23)cc1Cl. The second-order valence-corrected chi connectivity index (χ2v) is 5.54. The number of aliphatic imine (C=N–C) groups is 1. The van der Waals surface area contributed by atoms with Gasteiger partial charge in [0.05, 0.1) is 19.2 Å². The molecule has 0 bridgehead atoms. The largest absolute Gasteiger partial charge is 0.507 e. The van der Waals surface area contributed by atoms with Crippen LogP contribution in [-0.2, 0) is 0 Å². The van der Waals surface area contributed by atoms with Crippen molar-refractivity contribution in [2.45, 2.75) is 0 Å². The standard InChI is InChI=1S/C19H16ClNO3/c1-23-18-10-19(24-2)16(9-15(18)20)21-11-14-13-6-4-3-5-12(13)7-8-17(14)22/h3-11,22H,1-2H3. The van der Waals surface area contributed by atoms with Crippen LogP contribution in [0, 0.1) is 0 Å². The second kappa shape index (κ2) is 6.81. The van der Waals surface area contributed by atoms with Crippen molar-refractivity contribution in [1.82, 2.24) is 0 Å². The van der Waals surface area contributed by atoms with Gasteiger partial charge in [0, 0.05) is 17.8 Å². The lowest BCUT2D eigenvalue weighted by Gasteiger charge is -2.09. The molecule has 24 heavy (non-hydrogen) atoms. The lowest BCUT2D eigenvalue weighted by molar-refractivity contribution is 0.395. The van der Waals surface area contributed by atoms with Crippen LogP contribution in [0.25, 0.3) is 10.8 Å². The Hall–Kier alpha value is -2.72. The first kappa shape index (κ1) is 16.1. The molecular weight excluding hydrogens is 326 g/mol. The van der Waals surface area contributed by atoms with Gasteiger partial charge < -0.3 is 14.6 Å². The zero-order valence-electron chi connectivity index (χ0n) is 13.3. The predicted molar refractivity (Wildman–Crippen MR) is 97.4 cm³/mol. The fourth-order valence-electron chi connectivity index (χ4n) is 2.50. The molecule has 0 aliphatic heterocycles. The molecule has 3 aromatic carbocycles. The van der Waals surface area contributed by atoms with Gasteiger partial charge in [-0.15, -0.1) is 0 Å². The highest BCUT2D eigenvalue weighted by atomic mass is 35.5. The molecule has 0 radical (unpaired) electrons. The van der Waals surface area contributed by atoms with E-state index in [1.165, 1.54) is 7.11 Å². The second-order valence-electron chi connectivity index (χ2n) is 5.14. The third kappa shape index (κ3) is 3.01. The number of halogens is 1. The number of methoxy groups -OCH3 is 2. The van der Waals surface area contributed by atoms with E-state index in [4.69, 9.17) is 21.1 Å². The van der Waals surface area contributed by atoms with Gasteiger partial charge in [-0.05, 0) is 22.9 Å². The highest BCUT2D eigenvalue weighted by Gasteiger charge is 2.10. The van der Waals surface area contributed by atoms with Crippen LogP contribution in [-0.4, -0.2) is 25.5 Å². The Morgan fingerprint density at radius 1 is 1.00 bits per heavy atom. The highest BCUT2D eigenvalue weighted by molar-refractivity contribution is 6.32. The number of phenolic OH excluding ortho intramolecular Hbond substituents is 1. The number of benzene rings is 3. The summed E-state index contributed by atoms with van der Waals surface area (Å²) in [6.07, 6.45) is 1.61. The molecule has 0 saturated heterocycles. The number of rotatable bonds is 4. The number of hydrogen-bond donors (Lipinski definition) is 1. The van der Waals surface area contributed by atoms with Crippen molar-refractivity contribution >= 4 is 34.3 Å². The van der Waals surface area contributed by atoms with E-state index in [9.17, 15) is 5.11 Å². The molecule has 0 aliphatic rings. The molecule has 0 unspecified atom stereocenters. The van der Waals surface area contributed by atoms with E-state index in [2.05, 4.69) is 4.99 Å². The number of hydrogen-bond acceptors (Lipinski definition) is 4. The molecule has 0 aromatic heterocycles. The first-order chi connectivity index (χ1) is 11.6. The Morgan fingerprint density at radius 2 is 1.75 bits per heavy atom. The maximum absolute atomic E-state index is 10.2. The average Bonchev–Trinajstić information content (AvgIpc) is 2.61. The number of nitrogens with zero attached hydrogens (tertiary/aromatic N) is 1. The molecule has 3 rings (SSSR count). The van der Waals surface area contributed by atoms with E-state index in [1.807, 2.05) is 30.3 Å². The maximum Gasteiger partial charge on any atom is 0.148 e. The molecular formula is C19H16ClNO3. The summed E-state index contributed by atoms with van der Waals surface area (Å²) in [4.78, 5) is 4.44. The molecule has 0 atom stereocenters. The van der Waals surface area contributed by atoms with Crippen LogP contribution in [0.3, 0.4) is 0 Å². The van der Waals surface area contributed by atoms with Crippen LogP contribution in [0.4, 0.5) is 5.69 Å². The summed E-state index contributed by atoms with van der Waals surface area (Å²) in [5, 5.41) is 12.6. The van der Waals surface area contributed by atoms with Crippen molar-refractivity contribution in [2.24, 2.45) is 4.99 Å². The maximum atomic E-state index is 10.2. The van der Waals surface area contributed by atoms with E-state index in [0.29, 0.717) is 27.8 Å². The highest BCUT2D eigenvalue weighted by Crippen LogP contribution is 2.38. The summed E-state index contributed by atoms with van der Waals surface area (Å²) in [5.41, 5.74) is 1.19. The molecule has 0 fully saturated rings. The summed E-state index contributed by atoms with van der Waals surface area (Å²) >= 11 is 6.16. The lowest BCUT2D eigenvalue weighted by Crippen LogP contribution is -1.90. The van der Waals surface area contributed by atoms with Crippen molar-refractivity contribution < 1.29 is 14.6 Å². The number of aromatic hydroxyl groups is 1. The van der Waals surface area contributed by atoms with Gasteiger partial charge in [0.1, 0.15) is 22.9 Å². The van der Waals surface area contributed by atoms with Crippen LogP contribution in [0.2, 0.25) is 5.02 Å². The first-order valence-electron chi connectivity index (χ1n) is 7.30. The van der Waals surface area contributed by atoms with Crippen LogP contribution in [0.15, 0.2) is 53.5 Å². The van der Waals surface area contributed by atoms with Crippen molar-refractivity contribution in [3.63, 3.8) is 0 Å². The van der Waals surface area contributed by atoms with E-state index < -0.39 is 0 Å². The Kier molecular flexibility index (Phi) is 4.58. The van der Waals surface area contributed by atoms with Crippen LogP contribution >= 0.6 is 11.6 Å². The van der Waals surface area contributed by atoms with Gasteiger partial charge >= 0.3 is 0 Å². The fraction of sp³-hybridized carbons (Fsp3) is 0.105. The molecule has 0 saturated carbocycles. The van der Waals surface area contributed by atoms with Gasteiger partial charge in [-0.25, -0.2) is 0 Å². The third-order valence-electron chi connectivity index (χ3n) is 3.73. The normalized spacial score (nSPS) is 11.1. The summed E-state index contributed by atoms with van der Waals surface area (Å²) < 4.78 is 10.5. The van der Waals surface area contributed by atoms with Crippen LogP contribution in [0.1, 0.15) is 5.56 Å². The molecule has 4 nitrogen and oxygen atoms in total. The molecule has 0 heterocycles. The minimum absolute atomic E-state index is 0.163. The lowest BCUT2D eigenvalue weighted by atomic mass is 10.0. The Morgan fingerprint density at radius 3 is 2.50 bits per heavy atom. The minimum Gasteiger partial charge on any atom is -0.507 e. The zero-order valence-corrected chi connectivity index (χ0v) is 14.0. The fourth-order valence-corrected chi connectivity index (χ4v) is 2.73. The van der Waals surface area contributed by atoms with E-state index >= 15 is 0 Å². The Labute approximate surface area is 144 Å². The van der Waals surface area contributed by atoms with E-state index in [-0.39, 0.29) is 5.75 Å². The Bertz CT molecular complexity index is 922. The molecule has 122 valence electrons. The first-order valence-corrected chi connectivity index (χ1v) is 7.68. The molecule has 5 heteroatoms. The molecule has 3 aromatic rings. The third-order valence-corrected chi connectivity index (χ3v) is 4.03. The van der Waals surface area contributed by atoms with Gasteiger partial charge in [-0.3, -0.25) is 4.99 Å². The van der Waals surface area contributed by atoms with Crippen LogP contribution < -0.4 is 9.47 Å². The summed E-state index contributed by atoms with van der Waals surface area (Å²) in [6.45, 7) is 0. The van der Waals surface area contributed by atoms with Gasteiger partial charge in [-0.1, -0.05) is 41.9 Å². The topological polar surface area (TPSA) is 51.0 Å². The van der Waals surface area contributed by atoms with Gasteiger partial charge in [0.2, 0.25) is 0 Å². The minimum atomic E-state index is 0.163. The van der Waals surface area contributed by atoms with Gasteiger partial charge in [-0.2, -0.15) is 0 Å². The Balaban J connectivity index is 2.09. The number of fused-ring (bicyclic) bond motifs is 1. The van der Waals surface area contributed by atoms with Crippen molar-refractivity contribution in [1.29, 1.82) is 0 Å². The summed E-state index contributed by atoms with van der Waals surface area (Å²) in [5.74, 6) is 1.21. The van der Waals surface area contributed by atoms with Crippen molar-refractivity contribution in [3.8, 4) is 17.2 Å². The van der Waals surface area contributed by atoms with Gasteiger partial charge in [0.25, 0.3) is 0 Å². The van der Waals surface area contributed by atoms with E-state index in [0.717, 1.165) is 10.8 Å². The zero-order chi connectivity index (χ0) is 17.1. The van der Waals surface area contributed by atoms with Crippen molar-refractivity contribution in [3.05, 3.63) is 59.1 Å². The quantitative estimate of drug-likeness (QED) is 0.682. The monoisotopic (exact) mass is 341 g/mol. The number of ether oxygens (including phenoxy) is 2.